The summed E-state index contributed by atoms with van der Waals surface area (Å²) in [5.41, 5.74) is 1.29. The van der Waals surface area contributed by atoms with Gasteiger partial charge in [-0.15, -0.1) is 0 Å². The Kier molecular flexibility index (Phi) is 3.84. The van der Waals surface area contributed by atoms with E-state index in [4.69, 9.17) is 4.74 Å². The minimum absolute atomic E-state index is 0.238. The standard InChI is InChI=1S/C14H16BrN3O/c15-12-2-3-14-11(8-12)9-13(19-14)10-16-5-7-18-6-1-4-17-18/h1-4,6,8,13,16H,5,7,9-10H2. The Hall–Kier alpha value is -1.33. The summed E-state index contributed by atoms with van der Waals surface area (Å²) < 4.78 is 8.93. The van der Waals surface area contributed by atoms with E-state index in [-0.39, 0.29) is 6.10 Å². The molecule has 0 bridgehead atoms. The van der Waals surface area contributed by atoms with E-state index >= 15 is 0 Å². The lowest BCUT2D eigenvalue weighted by molar-refractivity contribution is 0.227. The molecule has 0 saturated carbocycles. The summed E-state index contributed by atoms with van der Waals surface area (Å²) in [7, 11) is 0. The largest absolute Gasteiger partial charge is 0.488 e. The van der Waals surface area contributed by atoms with E-state index < -0.39 is 0 Å². The molecule has 2 heterocycles. The number of nitrogens with one attached hydrogen (secondary N) is 1. The number of hydrogen-bond donors (Lipinski definition) is 1. The Balaban J connectivity index is 1.43. The maximum absolute atomic E-state index is 5.89. The molecule has 0 saturated heterocycles. The summed E-state index contributed by atoms with van der Waals surface area (Å²) in [4.78, 5) is 0. The first kappa shape index (κ1) is 12.7. The smallest absolute Gasteiger partial charge is 0.123 e. The Labute approximate surface area is 120 Å². The van der Waals surface area contributed by atoms with Gasteiger partial charge in [0, 0.05) is 36.4 Å². The molecule has 0 spiro atoms. The normalized spacial score (nSPS) is 17.2. The van der Waals surface area contributed by atoms with Gasteiger partial charge in [-0.3, -0.25) is 4.68 Å². The predicted molar refractivity (Wildman–Crippen MR) is 77.4 cm³/mol. The van der Waals surface area contributed by atoms with Gasteiger partial charge in [0.05, 0.1) is 6.54 Å². The van der Waals surface area contributed by atoms with Crippen molar-refractivity contribution < 1.29 is 4.74 Å². The molecular weight excluding hydrogens is 306 g/mol. The lowest BCUT2D eigenvalue weighted by Gasteiger charge is -2.11. The zero-order valence-electron chi connectivity index (χ0n) is 10.6. The van der Waals surface area contributed by atoms with E-state index in [1.54, 1.807) is 6.20 Å². The molecule has 5 heteroatoms. The summed E-state index contributed by atoms with van der Waals surface area (Å²) in [6.07, 6.45) is 4.99. The van der Waals surface area contributed by atoms with Gasteiger partial charge in [-0.25, -0.2) is 0 Å². The molecule has 3 rings (SSSR count). The van der Waals surface area contributed by atoms with Crippen molar-refractivity contribution in [2.45, 2.75) is 19.1 Å². The highest BCUT2D eigenvalue weighted by atomic mass is 79.9. The summed E-state index contributed by atoms with van der Waals surface area (Å²) in [5, 5.41) is 7.59. The molecule has 0 radical (unpaired) electrons. The molecule has 100 valence electrons. The molecule has 0 amide bonds. The van der Waals surface area contributed by atoms with Crippen molar-refractivity contribution in [3.63, 3.8) is 0 Å². The molecular formula is C14H16BrN3O. The van der Waals surface area contributed by atoms with Crippen LogP contribution >= 0.6 is 15.9 Å². The Morgan fingerprint density at radius 3 is 3.26 bits per heavy atom. The number of aromatic nitrogens is 2. The van der Waals surface area contributed by atoms with E-state index in [2.05, 4.69) is 32.4 Å². The van der Waals surface area contributed by atoms with Gasteiger partial charge in [-0.1, -0.05) is 15.9 Å². The minimum Gasteiger partial charge on any atom is -0.488 e. The first-order valence-electron chi connectivity index (χ1n) is 6.44. The van der Waals surface area contributed by atoms with Crippen LogP contribution < -0.4 is 10.1 Å². The second kappa shape index (κ2) is 5.75. The fourth-order valence-corrected chi connectivity index (χ4v) is 2.70. The maximum Gasteiger partial charge on any atom is 0.123 e. The molecule has 1 unspecified atom stereocenters. The molecule has 1 aliphatic heterocycles. The number of benzene rings is 1. The van der Waals surface area contributed by atoms with Crippen LogP contribution in [0.4, 0.5) is 0 Å². The van der Waals surface area contributed by atoms with Crippen molar-refractivity contribution in [3.05, 3.63) is 46.7 Å². The van der Waals surface area contributed by atoms with E-state index in [0.29, 0.717) is 0 Å². The fraction of sp³-hybridized carbons (Fsp3) is 0.357. The summed E-state index contributed by atoms with van der Waals surface area (Å²) in [6, 6.07) is 8.13. The van der Waals surface area contributed by atoms with Crippen molar-refractivity contribution in [2.24, 2.45) is 0 Å². The lowest BCUT2D eigenvalue weighted by Crippen LogP contribution is -2.32. The number of rotatable bonds is 5. The third-order valence-corrected chi connectivity index (χ3v) is 3.71. The van der Waals surface area contributed by atoms with Gasteiger partial charge >= 0.3 is 0 Å². The molecule has 19 heavy (non-hydrogen) atoms. The Bertz CT molecular complexity index is 542. The van der Waals surface area contributed by atoms with Crippen LogP contribution in [0.3, 0.4) is 0 Å². The van der Waals surface area contributed by atoms with Crippen LogP contribution in [0.2, 0.25) is 0 Å². The first-order valence-corrected chi connectivity index (χ1v) is 7.24. The first-order chi connectivity index (χ1) is 9.31. The summed E-state index contributed by atoms with van der Waals surface area (Å²) in [6.45, 7) is 2.66. The van der Waals surface area contributed by atoms with Crippen LogP contribution in [-0.2, 0) is 13.0 Å². The van der Waals surface area contributed by atoms with Gasteiger partial charge in [0.15, 0.2) is 0 Å². The van der Waals surface area contributed by atoms with Crippen molar-refractivity contribution in [1.82, 2.24) is 15.1 Å². The number of ether oxygens (including phenoxy) is 1. The van der Waals surface area contributed by atoms with Crippen LogP contribution in [0.5, 0.6) is 5.75 Å². The maximum atomic E-state index is 5.89. The number of halogens is 1. The average molecular weight is 322 g/mol. The van der Waals surface area contributed by atoms with Crippen molar-refractivity contribution in [1.29, 1.82) is 0 Å². The van der Waals surface area contributed by atoms with Gasteiger partial charge in [-0.05, 0) is 29.8 Å². The number of fused-ring (bicyclic) bond motifs is 1. The molecule has 1 aromatic heterocycles. The zero-order chi connectivity index (χ0) is 13.1. The highest BCUT2D eigenvalue weighted by Gasteiger charge is 2.22. The zero-order valence-corrected chi connectivity index (χ0v) is 12.1. The molecule has 1 aliphatic rings. The molecule has 1 aromatic carbocycles. The van der Waals surface area contributed by atoms with Gasteiger partial charge < -0.3 is 10.1 Å². The highest BCUT2D eigenvalue weighted by Crippen LogP contribution is 2.30. The van der Waals surface area contributed by atoms with E-state index in [1.807, 2.05) is 29.1 Å². The monoisotopic (exact) mass is 321 g/mol. The highest BCUT2D eigenvalue weighted by molar-refractivity contribution is 9.10. The van der Waals surface area contributed by atoms with Crippen LogP contribution in [0.15, 0.2) is 41.1 Å². The predicted octanol–water partition coefficient (Wildman–Crippen LogP) is 2.24. The van der Waals surface area contributed by atoms with E-state index in [1.165, 1.54) is 5.56 Å². The van der Waals surface area contributed by atoms with Gasteiger partial charge in [-0.2, -0.15) is 5.10 Å². The van der Waals surface area contributed by atoms with Crippen LogP contribution in [0, 0.1) is 0 Å². The van der Waals surface area contributed by atoms with Crippen molar-refractivity contribution >= 4 is 15.9 Å². The second-order valence-corrected chi connectivity index (χ2v) is 5.58. The average Bonchev–Trinajstić information content (AvgIpc) is 3.02. The van der Waals surface area contributed by atoms with Gasteiger partial charge in [0.2, 0.25) is 0 Å². The van der Waals surface area contributed by atoms with Crippen LogP contribution in [-0.4, -0.2) is 29.0 Å². The number of nitrogens with zero attached hydrogens (tertiary/aromatic N) is 2. The molecule has 1 N–H and O–H groups in total. The SMILES string of the molecule is Brc1ccc2c(c1)CC(CNCCn1cccn1)O2. The summed E-state index contributed by atoms with van der Waals surface area (Å²) in [5.74, 6) is 1.02. The molecule has 4 nitrogen and oxygen atoms in total. The fourth-order valence-electron chi connectivity index (χ4n) is 2.29. The van der Waals surface area contributed by atoms with Crippen LogP contribution in [0.1, 0.15) is 5.56 Å². The third-order valence-electron chi connectivity index (χ3n) is 3.21. The van der Waals surface area contributed by atoms with E-state index in [9.17, 15) is 0 Å². The second-order valence-electron chi connectivity index (χ2n) is 4.67. The van der Waals surface area contributed by atoms with Gasteiger partial charge in [0.1, 0.15) is 11.9 Å². The minimum atomic E-state index is 0.238. The van der Waals surface area contributed by atoms with Crippen LogP contribution in [0.25, 0.3) is 0 Å². The topological polar surface area (TPSA) is 39.1 Å². The Morgan fingerprint density at radius 2 is 2.42 bits per heavy atom. The quantitative estimate of drug-likeness (QED) is 0.858. The van der Waals surface area contributed by atoms with E-state index in [0.717, 1.165) is 36.3 Å². The molecule has 0 fully saturated rings. The molecule has 2 aromatic rings. The lowest BCUT2D eigenvalue weighted by atomic mass is 10.1. The van der Waals surface area contributed by atoms with Crippen molar-refractivity contribution in [3.8, 4) is 5.75 Å². The Morgan fingerprint density at radius 1 is 1.47 bits per heavy atom. The summed E-state index contributed by atoms with van der Waals surface area (Å²) >= 11 is 3.49. The number of hydrogen-bond acceptors (Lipinski definition) is 3. The van der Waals surface area contributed by atoms with Crippen molar-refractivity contribution in [2.75, 3.05) is 13.1 Å². The third kappa shape index (κ3) is 3.16. The van der Waals surface area contributed by atoms with Gasteiger partial charge in [0.25, 0.3) is 0 Å². The molecule has 0 aliphatic carbocycles. The molecule has 1 atom stereocenters.